The normalized spacial score (nSPS) is 10.8. The highest BCUT2D eigenvalue weighted by Crippen LogP contribution is 2.47. The molecule has 0 fully saturated rings. The Morgan fingerprint density at radius 1 is 0.559 bits per heavy atom. The van der Waals surface area contributed by atoms with Gasteiger partial charge < -0.3 is 19.4 Å². The largest absolute Gasteiger partial charge is 0.504 e. The number of fused-ring (bicyclic) bond motifs is 1. The molecule has 34 heavy (non-hydrogen) atoms. The van der Waals surface area contributed by atoms with Gasteiger partial charge in [-0.25, -0.2) is 0 Å². The molecule has 0 unspecified atom stereocenters. The van der Waals surface area contributed by atoms with Crippen LogP contribution in [0.5, 0.6) is 17.4 Å². The van der Waals surface area contributed by atoms with Gasteiger partial charge in [-0.15, -0.1) is 4.73 Å². The van der Waals surface area contributed by atoms with Crippen LogP contribution in [0.4, 0.5) is 0 Å². The third-order valence-electron chi connectivity index (χ3n) is 5.51. The van der Waals surface area contributed by atoms with Crippen LogP contribution in [0.1, 0.15) is 16.7 Å². The van der Waals surface area contributed by atoms with Crippen LogP contribution in [0.2, 0.25) is 0 Å². The summed E-state index contributed by atoms with van der Waals surface area (Å²) in [4.78, 5) is 6.23. The molecule has 0 saturated heterocycles. The minimum absolute atomic E-state index is 0.0264. The lowest BCUT2D eigenvalue weighted by Crippen LogP contribution is -2.18. The van der Waals surface area contributed by atoms with Gasteiger partial charge in [-0.05, 0) is 28.8 Å². The zero-order valence-electron chi connectivity index (χ0n) is 18.6. The lowest BCUT2D eigenvalue weighted by molar-refractivity contribution is 0.0674. The van der Waals surface area contributed by atoms with Gasteiger partial charge in [0.1, 0.15) is 19.8 Å². The number of hydrogen-bond donors (Lipinski definition) is 1. The van der Waals surface area contributed by atoms with Crippen molar-refractivity contribution in [2.75, 3.05) is 0 Å². The van der Waals surface area contributed by atoms with Crippen molar-refractivity contribution in [2.45, 2.75) is 19.8 Å². The van der Waals surface area contributed by atoms with Crippen molar-refractivity contribution in [3.63, 3.8) is 0 Å². The van der Waals surface area contributed by atoms with Gasteiger partial charge >= 0.3 is 0 Å². The first-order chi connectivity index (χ1) is 16.8. The first kappa shape index (κ1) is 21.5. The summed E-state index contributed by atoms with van der Waals surface area (Å²) in [5.41, 5.74) is 4.32. The van der Waals surface area contributed by atoms with E-state index in [0.29, 0.717) is 30.4 Å². The minimum atomic E-state index is 0.0264. The molecule has 0 aromatic heterocycles. The minimum Gasteiger partial charge on any atom is -0.504 e. The first-order valence-corrected chi connectivity index (χ1v) is 11.2. The van der Waals surface area contributed by atoms with Gasteiger partial charge in [-0.3, -0.25) is 0 Å². The zero-order valence-corrected chi connectivity index (χ0v) is 18.6. The fourth-order valence-corrected chi connectivity index (χ4v) is 3.76. The predicted molar refractivity (Wildman–Crippen MR) is 131 cm³/mol. The Balaban J connectivity index is 1.53. The second-order valence-electron chi connectivity index (χ2n) is 7.91. The number of aromatic hydroxyl groups is 1. The number of benzene rings is 3. The molecule has 5 nitrogen and oxygen atoms in total. The zero-order chi connectivity index (χ0) is 23.2. The Morgan fingerprint density at radius 2 is 1.09 bits per heavy atom. The Morgan fingerprint density at radius 3 is 1.68 bits per heavy atom. The van der Waals surface area contributed by atoms with E-state index in [9.17, 15) is 5.11 Å². The molecule has 3 aromatic rings. The smallest absolute Gasteiger partial charge is 0.275 e. The van der Waals surface area contributed by atoms with E-state index in [0.717, 1.165) is 16.7 Å². The second kappa shape index (κ2) is 10.0. The molecule has 0 amide bonds. The third kappa shape index (κ3) is 4.69. The van der Waals surface area contributed by atoms with Crippen molar-refractivity contribution in [2.24, 2.45) is 0 Å². The Bertz CT molecular complexity index is 1300. The highest BCUT2D eigenvalue weighted by molar-refractivity contribution is 5.76. The van der Waals surface area contributed by atoms with Crippen LogP contribution in [0, 0.1) is 0 Å². The lowest BCUT2D eigenvalue weighted by atomic mass is 10.2. The molecule has 1 heterocycles. The summed E-state index contributed by atoms with van der Waals surface area (Å²) in [5.74, 6) is 0.581. The van der Waals surface area contributed by atoms with E-state index < -0.39 is 0 Å². The number of aromatic nitrogens is 1. The predicted octanol–water partition coefficient (Wildman–Crippen LogP) is 6.09. The lowest BCUT2D eigenvalue weighted by Gasteiger charge is -2.23. The summed E-state index contributed by atoms with van der Waals surface area (Å²) in [6, 6.07) is 35.2. The Hall–Kier alpha value is -4.38. The number of pyridine rings is 1. The van der Waals surface area contributed by atoms with Crippen LogP contribution < -0.4 is 14.3 Å². The van der Waals surface area contributed by atoms with Crippen molar-refractivity contribution in [1.82, 2.24) is 4.73 Å². The molecule has 5 heteroatoms. The van der Waals surface area contributed by atoms with E-state index in [-0.39, 0.29) is 18.1 Å². The summed E-state index contributed by atoms with van der Waals surface area (Å²) in [5, 5.41) is 11.1. The number of ether oxygens (including phenoxy) is 2. The maximum absolute atomic E-state index is 11.1. The second-order valence-corrected chi connectivity index (χ2v) is 7.91. The van der Waals surface area contributed by atoms with Crippen LogP contribution in [0.3, 0.4) is 0 Å². The molecular weight excluding hydrogens is 426 g/mol. The third-order valence-corrected chi connectivity index (χ3v) is 5.51. The van der Waals surface area contributed by atoms with Crippen LogP contribution in [-0.4, -0.2) is 9.84 Å². The van der Waals surface area contributed by atoms with Crippen molar-refractivity contribution in [3.8, 4) is 28.6 Å². The molecule has 2 aliphatic rings. The molecule has 5 rings (SSSR count). The van der Waals surface area contributed by atoms with Crippen molar-refractivity contribution < 1.29 is 19.4 Å². The SMILES string of the molecule is Oc1c2cccc-2n(OCc2ccccc2)c(OCc2ccccc2)c1OCc1ccccc1. The molecule has 0 bridgehead atoms. The number of rotatable bonds is 9. The monoisotopic (exact) mass is 451 g/mol. The summed E-state index contributed by atoms with van der Waals surface area (Å²) in [7, 11) is 0. The molecule has 0 saturated carbocycles. The molecule has 0 radical (unpaired) electrons. The van der Waals surface area contributed by atoms with E-state index >= 15 is 0 Å². The van der Waals surface area contributed by atoms with E-state index in [1.165, 1.54) is 0 Å². The molecule has 1 aliphatic heterocycles. The summed E-state index contributed by atoms with van der Waals surface area (Å²) < 4.78 is 14.0. The molecule has 1 N–H and O–H groups in total. The molecule has 0 atom stereocenters. The van der Waals surface area contributed by atoms with Gasteiger partial charge in [0.25, 0.3) is 5.88 Å². The van der Waals surface area contributed by atoms with Gasteiger partial charge in [0.15, 0.2) is 5.75 Å². The maximum atomic E-state index is 11.1. The van der Waals surface area contributed by atoms with Crippen molar-refractivity contribution in [3.05, 3.63) is 126 Å². The Kier molecular flexibility index (Phi) is 6.34. The van der Waals surface area contributed by atoms with Gasteiger partial charge in [-0.1, -0.05) is 97.1 Å². The first-order valence-electron chi connectivity index (χ1n) is 11.2. The summed E-state index contributed by atoms with van der Waals surface area (Å²) >= 11 is 0. The quantitative estimate of drug-likeness (QED) is 0.295. The molecule has 3 aromatic carbocycles. The fourth-order valence-electron chi connectivity index (χ4n) is 3.76. The van der Waals surface area contributed by atoms with Crippen molar-refractivity contribution >= 4 is 0 Å². The van der Waals surface area contributed by atoms with Gasteiger partial charge in [0.2, 0.25) is 5.75 Å². The van der Waals surface area contributed by atoms with Gasteiger partial charge in [-0.2, -0.15) is 0 Å². The van der Waals surface area contributed by atoms with E-state index in [1.54, 1.807) is 4.73 Å². The maximum Gasteiger partial charge on any atom is 0.275 e. The summed E-state index contributed by atoms with van der Waals surface area (Å²) in [6.07, 6.45) is 0. The van der Waals surface area contributed by atoms with E-state index in [2.05, 4.69) is 0 Å². The number of hydrogen-bond acceptors (Lipinski definition) is 4. The van der Waals surface area contributed by atoms with E-state index in [1.807, 2.05) is 109 Å². The van der Waals surface area contributed by atoms with Gasteiger partial charge in [0, 0.05) is 5.56 Å². The van der Waals surface area contributed by atoms with Gasteiger partial charge in [0.05, 0.1) is 5.69 Å². The van der Waals surface area contributed by atoms with Crippen LogP contribution in [-0.2, 0) is 19.8 Å². The molecule has 170 valence electrons. The van der Waals surface area contributed by atoms with Crippen LogP contribution in [0.25, 0.3) is 11.3 Å². The summed E-state index contributed by atoms with van der Waals surface area (Å²) in [6.45, 7) is 0.903. The topological polar surface area (TPSA) is 52.9 Å². The average molecular weight is 452 g/mol. The molecule has 0 spiro atoms. The molecular formula is C29H25NO4. The average Bonchev–Trinajstić information content (AvgIpc) is 3.39. The standard InChI is InChI=1S/C29H25NO4/c31-27-25-17-10-18-26(25)30(34-21-24-15-8-3-9-16-24)29(33-20-23-13-6-2-7-14-23)28(27)32-19-22-11-4-1-5-12-22/h1-18,31H,19-21H2. The highest BCUT2D eigenvalue weighted by Gasteiger charge is 2.26. The fraction of sp³-hybridized carbons (Fsp3) is 0.103. The van der Waals surface area contributed by atoms with Crippen LogP contribution >= 0.6 is 0 Å². The number of nitrogens with zero attached hydrogens (tertiary/aromatic N) is 1. The highest BCUT2D eigenvalue weighted by atomic mass is 16.7. The van der Waals surface area contributed by atoms with Crippen LogP contribution in [0.15, 0.2) is 109 Å². The van der Waals surface area contributed by atoms with E-state index in [4.69, 9.17) is 14.3 Å². The van der Waals surface area contributed by atoms with Crippen molar-refractivity contribution in [1.29, 1.82) is 0 Å². The Labute approximate surface area is 198 Å². The molecule has 1 aliphatic carbocycles.